The summed E-state index contributed by atoms with van der Waals surface area (Å²) in [6.45, 7) is 1.91. The summed E-state index contributed by atoms with van der Waals surface area (Å²) in [7, 11) is 0. The van der Waals surface area contributed by atoms with Crippen LogP contribution in [-0.4, -0.2) is 34.8 Å². The van der Waals surface area contributed by atoms with Gasteiger partial charge in [0.1, 0.15) is 0 Å². The molecule has 4 nitrogen and oxygen atoms in total. The van der Waals surface area contributed by atoms with Crippen molar-refractivity contribution in [3.8, 4) is 0 Å². The van der Waals surface area contributed by atoms with Gasteiger partial charge in [-0.05, 0) is 36.6 Å². The Bertz CT molecular complexity index is 551. The molecule has 3 saturated heterocycles. The molecule has 3 aliphatic heterocycles. The van der Waals surface area contributed by atoms with E-state index in [4.69, 9.17) is 5.11 Å². The van der Waals surface area contributed by atoms with Gasteiger partial charge in [0.2, 0.25) is 0 Å². The Labute approximate surface area is 111 Å². The Kier molecular flexibility index (Phi) is 2.85. The molecule has 0 unspecified atom stereocenters. The molecule has 4 rings (SSSR count). The fourth-order valence-corrected chi connectivity index (χ4v) is 2.79. The molecule has 0 spiro atoms. The van der Waals surface area contributed by atoms with E-state index >= 15 is 0 Å². The number of allylic oxidation sites excluding steroid dienone is 1. The van der Waals surface area contributed by atoms with Gasteiger partial charge in [-0.3, -0.25) is 4.79 Å². The second-order valence-corrected chi connectivity index (χ2v) is 5.08. The quantitative estimate of drug-likeness (QED) is 0.823. The number of piperidine rings is 3. The molecule has 1 N–H and O–H groups in total. The van der Waals surface area contributed by atoms with Crippen LogP contribution in [0.15, 0.2) is 30.0 Å². The summed E-state index contributed by atoms with van der Waals surface area (Å²) >= 11 is 0. The highest BCUT2D eigenvalue weighted by atomic mass is 16.4. The lowest BCUT2D eigenvalue weighted by atomic mass is 9.84. The molecule has 2 bridgehead atoms. The molecular weight excluding hydrogens is 242 g/mol. The lowest BCUT2D eigenvalue weighted by Crippen LogP contribution is -2.45. The number of ketones is 1. The first-order valence-electron chi connectivity index (χ1n) is 6.49. The van der Waals surface area contributed by atoms with Crippen molar-refractivity contribution in [2.75, 3.05) is 13.1 Å². The molecule has 19 heavy (non-hydrogen) atoms. The topological polar surface area (TPSA) is 57.6 Å². The zero-order valence-corrected chi connectivity index (χ0v) is 10.5. The van der Waals surface area contributed by atoms with Crippen molar-refractivity contribution in [2.24, 2.45) is 5.92 Å². The molecule has 1 aromatic rings. The highest BCUT2D eigenvalue weighted by Crippen LogP contribution is 2.32. The lowest BCUT2D eigenvalue weighted by Gasteiger charge is -2.41. The molecule has 0 aliphatic carbocycles. The number of fused-ring (bicyclic) bond motifs is 3. The number of Topliss-reactive ketones (excluding diaryl/α,β-unsaturated/α-hetero) is 1. The van der Waals surface area contributed by atoms with E-state index in [1.54, 1.807) is 24.3 Å². The van der Waals surface area contributed by atoms with Crippen LogP contribution in [0.25, 0.3) is 6.08 Å². The maximum absolute atomic E-state index is 12.2. The van der Waals surface area contributed by atoms with E-state index in [0.29, 0.717) is 0 Å². The molecule has 98 valence electrons. The summed E-state index contributed by atoms with van der Waals surface area (Å²) in [4.78, 5) is 25.1. The van der Waals surface area contributed by atoms with Gasteiger partial charge < -0.3 is 10.0 Å². The average molecular weight is 257 g/mol. The highest BCUT2D eigenvalue weighted by Gasteiger charge is 2.36. The predicted octanol–water partition coefficient (Wildman–Crippen LogP) is 2.02. The standard InChI is InChI=1S/C15H15NO3/c17-14-11-5-7-16(8-6-11)13(14)9-10-1-3-12(4-2-10)15(18)19/h1-4,9,11H,5-8H2,(H,18,19)/b13-9-. The molecule has 3 fully saturated rings. The Morgan fingerprint density at radius 1 is 1.21 bits per heavy atom. The van der Waals surface area contributed by atoms with Crippen LogP contribution < -0.4 is 0 Å². The van der Waals surface area contributed by atoms with E-state index in [9.17, 15) is 9.59 Å². The lowest BCUT2D eigenvalue weighted by molar-refractivity contribution is -0.125. The van der Waals surface area contributed by atoms with E-state index in [2.05, 4.69) is 4.90 Å². The number of benzene rings is 1. The first-order chi connectivity index (χ1) is 9.15. The first-order valence-corrected chi connectivity index (χ1v) is 6.49. The van der Waals surface area contributed by atoms with Crippen LogP contribution in [0.2, 0.25) is 0 Å². The van der Waals surface area contributed by atoms with Crippen molar-refractivity contribution in [3.63, 3.8) is 0 Å². The normalized spacial score (nSPS) is 21.2. The van der Waals surface area contributed by atoms with Crippen molar-refractivity contribution in [2.45, 2.75) is 12.8 Å². The third-order valence-corrected chi connectivity index (χ3v) is 3.92. The van der Waals surface area contributed by atoms with E-state index < -0.39 is 5.97 Å². The van der Waals surface area contributed by atoms with Gasteiger partial charge in [0.25, 0.3) is 0 Å². The summed E-state index contributed by atoms with van der Waals surface area (Å²) < 4.78 is 0. The van der Waals surface area contributed by atoms with Crippen molar-refractivity contribution in [1.82, 2.24) is 4.90 Å². The Balaban J connectivity index is 1.88. The van der Waals surface area contributed by atoms with Gasteiger partial charge in [-0.1, -0.05) is 12.1 Å². The van der Waals surface area contributed by atoms with Gasteiger partial charge in [0.15, 0.2) is 5.78 Å². The molecular formula is C15H15NO3. The minimum atomic E-state index is -0.934. The van der Waals surface area contributed by atoms with Gasteiger partial charge in [-0.15, -0.1) is 0 Å². The molecule has 4 heteroatoms. The number of nitrogens with zero attached hydrogens (tertiary/aromatic N) is 1. The molecule has 0 saturated carbocycles. The third kappa shape index (κ3) is 2.14. The number of hydrogen-bond acceptors (Lipinski definition) is 3. The zero-order chi connectivity index (χ0) is 13.4. The highest BCUT2D eigenvalue weighted by molar-refractivity contribution is 6.02. The Morgan fingerprint density at radius 3 is 2.37 bits per heavy atom. The summed E-state index contributed by atoms with van der Waals surface area (Å²) in [5.74, 6) is -0.509. The monoisotopic (exact) mass is 257 g/mol. The number of rotatable bonds is 2. The number of hydrogen-bond donors (Lipinski definition) is 1. The number of carboxylic acids is 1. The fourth-order valence-electron chi connectivity index (χ4n) is 2.79. The predicted molar refractivity (Wildman–Crippen MR) is 70.7 cm³/mol. The average Bonchev–Trinajstić information content (AvgIpc) is 2.44. The van der Waals surface area contributed by atoms with Crippen molar-refractivity contribution >= 4 is 17.8 Å². The van der Waals surface area contributed by atoms with Crippen molar-refractivity contribution in [3.05, 3.63) is 41.1 Å². The number of carboxylic acid groups (broad SMARTS) is 1. The van der Waals surface area contributed by atoms with Gasteiger partial charge in [0, 0.05) is 19.0 Å². The van der Waals surface area contributed by atoms with Gasteiger partial charge in [-0.2, -0.15) is 0 Å². The van der Waals surface area contributed by atoms with Crippen LogP contribution in [0, 0.1) is 5.92 Å². The van der Waals surface area contributed by atoms with Crippen LogP contribution in [-0.2, 0) is 4.79 Å². The number of carbonyl (C=O) groups excluding carboxylic acids is 1. The van der Waals surface area contributed by atoms with E-state index in [1.165, 1.54) is 0 Å². The smallest absolute Gasteiger partial charge is 0.335 e. The molecule has 3 heterocycles. The van der Waals surface area contributed by atoms with Gasteiger partial charge in [-0.25, -0.2) is 4.79 Å². The Hall–Kier alpha value is -2.10. The minimum absolute atomic E-state index is 0.189. The first kappa shape index (κ1) is 12.0. The molecule has 0 radical (unpaired) electrons. The summed E-state index contributed by atoms with van der Waals surface area (Å²) in [5, 5.41) is 8.85. The number of aromatic carboxylic acids is 1. The third-order valence-electron chi connectivity index (χ3n) is 3.92. The molecule has 0 aromatic heterocycles. The second-order valence-electron chi connectivity index (χ2n) is 5.08. The van der Waals surface area contributed by atoms with Crippen LogP contribution in [0.4, 0.5) is 0 Å². The maximum atomic E-state index is 12.2. The summed E-state index contributed by atoms with van der Waals surface area (Å²) in [5.41, 5.74) is 1.92. The van der Waals surface area contributed by atoms with Crippen LogP contribution in [0.3, 0.4) is 0 Å². The van der Waals surface area contributed by atoms with Crippen LogP contribution in [0.1, 0.15) is 28.8 Å². The molecule has 0 amide bonds. The van der Waals surface area contributed by atoms with E-state index in [0.717, 1.165) is 37.2 Å². The van der Waals surface area contributed by atoms with Crippen molar-refractivity contribution < 1.29 is 14.7 Å². The number of carbonyl (C=O) groups is 2. The fraction of sp³-hybridized carbons (Fsp3) is 0.333. The van der Waals surface area contributed by atoms with Crippen LogP contribution in [0.5, 0.6) is 0 Å². The largest absolute Gasteiger partial charge is 0.478 e. The molecule has 0 atom stereocenters. The minimum Gasteiger partial charge on any atom is -0.478 e. The van der Waals surface area contributed by atoms with Crippen LogP contribution >= 0.6 is 0 Å². The van der Waals surface area contributed by atoms with Gasteiger partial charge in [0.05, 0.1) is 11.3 Å². The van der Waals surface area contributed by atoms with Gasteiger partial charge >= 0.3 is 5.97 Å². The second kappa shape index (κ2) is 4.53. The zero-order valence-electron chi connectivity index (χ0n) is 10.5. The molecule has 3 aliphatic rings. The maximum Gasteiger partial charge on any atom is 0.335 e. The summed E-state index contributed by atoms with van der Waals surface area (Å²) in [6, 6.07) is 6.62. The van der Waals surface area contributed by atoms with Crippen molar-refractivity contribution in [1.29, 1.82) is 0 Å². The Morgan fingerprint density at radius 2 is 1.84 bits per heavy atom. The summed E-state index contributed by atoms with van der Waals surface area (Å²) in [6.07, 6.45) is 3.81. The molecule has 1 aromatic carbocycles. The van der Waals surface area contributed by atoms with E-state index in [1.807, 2.05) is 6.08 Å². The van der Waals surface area contributed by atoms with E-state index in [-0.39, 0.29) is 17.3 Å². The SMILES string of the molecule is O=C(O)c1ccc(/C=C2/C(=O)C3CCN2CC3)cc1.